The Morgan fingerprint density at radius 1 is 1.17 bits per heavy atom. The van der Waals surface area contributed by atoms with Crippen molar-refractivity contribution >= 4 is 34.0 Å². The average molecular weight is 502 g/mol. The maximum Gasteiger partial charge on any atom is 0.261 e. The van der Waals surface area contributed by atoms with Gasteiger partial charge >= 0.3 is 0 Å². The van der Waals surface area contributed by atoms with E-state index in [-0.39, 0.29) is 5.56 Å². The predicted octanol–water partition coefficient (Wildman–Crippen LogP) is 4.18. The van der Waals surface area contributed by atoms with Crippen LogP contribution in [0.3, 0.4) is 0 Å². The van der Waals surface area contributed by atoms with Crippen LogP contribution in [-0.2, 0) is 6.42 Å². The number of rotatable bonds is 7. The Morgan fingerprint density at radius 2 is 2.00 bits per heavy atom. The number of aryl methyl sites for hydroxylation is 1. The van der Waals surface area contributed by atoms with Crippen LogP contribution in [0.5, 0.6) is 0 Å². The molecule has 2 aromatic heterocycles. The number of hydrogen-bond acceptors (Lipinski definition) is 6. The van der Waals surface area contributed by atoms with Crippen LogP contribution in [0.25, 0.3) is 22.4 Å². The third-order valence-corrected chi connectivity index (χ3v) is 6.84. The number of anilines is 2. The van der Waals surface area contributed by atoms with Gasteiger partial charge in [0.1, 0.15) is 11.4 Å². The van der Waals surface area contributed by atoms with E-state index >= 15 is 0 Å². The number of nitriles is 1. The van der Waals surface area contributed by atoms with Crippen LogP contribution in [0.2, 0.25) is 5.02 Å². The predicted molar refractivity (Wildman–Crippen MR) is 145 cm³/mol. The molecule has 0 bridgehead atoms. The highest BCUT2D eigenvalue weighted by atomic mass is 35.5. The topological polar surface area (TPSA) is 104 Å². The fourth-order valence-corrected chi connectivity index (χ4v) is 4.94. The molecule has 0 atom stereocenters. The second-order valence-electron chi connectivity index (χ2n) is 9.07. The summed E-state index contributed by atoms with van der Waals surface area (Å²) in [6.45, 7) is 6.63. The fourth-order valence-electron chi connectivity index (χ4n) is 4.73. The summed E-state index contributed by atoms with van der Waals surface area (Å²) >= 11 is 6.10. The molecule has 3 heterocycles. The molecule has 4 aromatic rings. The highest BCUT2D eigenvalue weighted by Crippen LogP contribution is 2.29. The Bertz CT molecular complexity index is 1480. The molecule has 36 heavy (non-hydrogen) atoms. The Balaban J connectivity index is 1.39. The van der Waals surface area contributed by atoms with Crippen molar-refractivity contribution in [3.05, 3.63) is 75.2 Å². The minimum atomic E-state index is -0.201. The second-order valence-corrected chi connectivity index (χ2v) is 9.50. The van der Waals surface area contributed by atoms with Gasteiger partial charge in [-0.15, -0.1) is 0 Å². The van der Waals surface area contributed by atoms with Crippen molar-refractivity contribution in [2.75, 3.05) is 49.5 Å². The number of pyridine rings is 1. The largest absolute Gasteiger partial charge is 0.384 e. The molecular formula is C27H28ClN7O. The van der Waals surface area contributed by atoms with Crippen LogP contribution >= 0.6 is 11.6 Å². The van der Waals surface area contributed by atoms with E-state index in [1.807, 2.05) is 37.3 Å². The zero-order chi connectivity index (χ0) is 25.1. The third kappa shape index (κ3) is 5.08. The van der Waals surface area contributed by atoms with Crippen molar-refractivity contribution in [1.29, 1.82) is 5.26 Å². The number of piperazine rings is 1. The summed E-state index contributed by atoms with van der Waals surface area (Å²) in [5.74, 6) is 0.538. The molecule has 0 spiro atoms. The van der Waals surface area contributed by atoms with Gasteiger partial charge in [-0.25, -0.2) is 4.98 Å². The van der Waals surface area contributed by atoms with Crippen LogP contribution in [0.15, 0.2) is 53.5 Å². The Morgan fingerprint density at radius 3 is 2.78 bits per heavy atom. The SMILES string of the molecule is Cc1cc(N2CCN(CC#N)CC2)cc2[nH]c(-c3c(NCCc4cccc(Cl)c4)cc[nH]c3=O)nc12. The number of nitrogens with zero attached hydrogens (tertiary/aromatic N) is 4. The van der Waals surface area contributed by atoms with Gasteiger partial charge in [0.05, 0.1) is 29.3 Å². The molecule has 1 aliphatic heterocycles. The number of H-pyrrole nitrogens is 2. The van der Waals surface area contributed by atoms with E-state index in [9.17, 15) is 4.79 Å². The van der Waals surface area contributed by atoms with Gasteiger partial charge in [-0.2, -0.15) is 5.26 Å². The third-order valence-electron chi connectivity index (χ3n) is 6.61. The first-order chi connectivity index (χ1) is 17.5. The van der Waals surface area contributed by atoms with Crippen molar-refractivity contribution in [2.24, 2.45) is 0 Å². The molecule has 2 aromatic carbocycles. The minimum absolute atomic E-state index is 0.201. The molecule has 0 unspecified atom stereocenters. The monoisotopic (exact) mass is 501 g/mol. The highest BCUT2D eigenvalue weighted by molar-refractivity contribution is 6.30. The molecule has 1 aliphatic rings. The van der Waals surface area contributed by atoms with Crippen LogP contribution in [0.1, 0.15) is 11.1 Å². The van der Waals surface area contributed by atoms with Crippen LogP contribution in [0.4, 0.5) is 11.4 Å². The molecule has 0 saturated carbocycles. The maximum absolute atomic E-state index is 12.9. The van der Waals surface area contributed by atoms with E-state index < -0.39 is 0 Å². The number of aromatic nitrogens is 3. The van der Waals surface area contributed by atoms with Crippen LogP contribution in [0, 0.1) is 18.3 Å². The van der Waals surface area contributed by atoms with E-state index in [0.29, 0.717) is 29.5 Å². The van der Waals surface area contributed by atoms with E-state index in [1.165, 1.54) is 0 Å². The number of hydrogen-bond donors (Lipinski definition) is 3. The van der Waals surface area contributed by atoms with Crippen molar-refractivity contribution < 1.29 is 0 Å². The van der Waals surface area contributed by atoms with Gasteiger partial charge in [-0.05, 0) is 54.8 Å². The minimum Gasteiger partial charge on any atom is -0.384 e. The van der Waals surface area contributed by atoms with E-state index in [2.05, 4.69) is 43.3 Å². The summed E-state index contributed by atoms with van der Waals surface area (Å²) in [5.41, 5.74) is 6.06. The number of imidazole rings is 1. The zero-order valence-corrected chi connectivity index (χ0v) is 20.9. The Labute approximate surface area is 214 Å². The summed E-state index contributed by atoms with van der Waals surface area (Å²) in [5, 5.41) is 13.1. The van der Waals surface area contributed by atoms with Crippen molar-refractivity contribution in [3.8, 4) is 17.5 Å². The fraction of sp³-hybridized carbons (Fsp3) is 0.296. The lowest BCUT2D eigenvalue weighted by Crippen LogP contribution is -2.46. The molecule has 9 heteroatoms. The molecule has 8 nitrogen and oxygen atoms in total. The highest BCUT2D eigenvalue weighted by Gasteiger charge is 2.20. The van der Waals surface area contributed by atoms with Crippen molar-refractivity contribution in [2.45, 2.75) is 13.3 Å². The summed E-state index contributed by atoms with van der Waals surface area (Å²) < 4.78 is 0. The van der Waals surface area contributed by atoms with Gasteiger partial charge in [0.15, 0.2) is 0 Å². The van der Waals surface area contributed by atoms with Gasteiger partial charge in [0.2, 0.25) is 0 Å². The quantitative estimate of drug-likeness (QED) is 0.328. The molecule has 5 rings (SSSR count). The van der Waals surface area contributed by atoms with Gasteiger partial charge in [0.25, 0.3) is 5.56 Å². The van der Waals surface area contributed by atoms with E-state index in [1.54, 1.807) is 6.20 Å². The van der Waals surface area contributed by atoms with Gasteiger partial charge in [-0.1, -0.05) is 23.7 Å². The molecule has 0 aliphatic carbocycles. The summed E-state index contributed by atoms with van der Waals surface area (Å²) in [6.07, 6.45) is 2.42. The van der Waals surface area contributed by atoms with Gasteiger partial charge in [0, 0.05) is 49.6 Å². The van der Waals surface area contributed by atoms with Crippen molar-refractivity contribution in [3.63, 3.8) is 0 Å². The zero-order valence-electron chi connectivity index (χ0n) is 20.1. The molecular weight excluding hydrogens is 474 g/mol. The molecule has 3 N–H and O–H groups in total. The molecule has 0 radical (unpaired) electrons. The molecule has 0 amide bonds. The van der Waals surface area contributed by atoms with E-state index in [4.69, 9.17) is 21.8 Å². The lowest BCUT2D eigenvalue weighted by molar-refractivity contribution is 0.287. The normalized spacial score (nSPS) is 14.2. The molecule has 184 valence electrons. The average Bonchev–Trinajstić information content (AvgIpc) is 3.29. The number of fused-ring (bicyclic) bond motifs is 1. The number of nitrogens with one attached hydrogen (secondary N) is 3. The second kappa shape index (κ2) is 10.4. The number of aromatic amines is 2. The first kappa shape index (κ1) is 23.9. The van der Waals surface area contributed by atoms with Crippen LogP contribution in [-0.4, -0.2) is 59.1 Å². The first-order valence-electron chi connectivity index (χ1n) is 12.1. The maximum atomic E-state index is 12.9. The van der Waals surface area contributed by atoms with Crippen molar-refractivity contribution in [1.82, 2.24) is 19.9 Å². The summed E-state index contributed by atoms with van der Waals surface area (Å²) in [4.78, 5) is 28.3. The van der Waals surface area contributed by atoms with Gasteiger partial charge < -0.3 is 20.2 Å². The number of halogens is 1. The lowest BCUT2D eigenvalue weighted by atomic mass is 10.1. The standard InChI is InChI=1S/C27H28ClN7O/c1-18-15-21(35-13-11-34(10-7-29)12-14-35)17-23-25(18)33-26(32-23)24-22(6-9-31-27(24)36)30-8-5-19-3-2-4-20(28)16-19/h2-4,6,9,15-17H,5,8,10-14H2,1H3,(H,32,33)(H2,30,31,36). The number of benzene rings is 2. The van der Waals surface area contributed by atoms with Crippen LogP contribution < -0.4 is 15.8 Å². The lowest BCUT2D eigenvalue weighted by Gasteiger charge is -2.35. The Hall–Kier alpha value is -3.80. The molecule has 1 saturated heterocycles. The summed E-state index contributed by atoms with van der Waals surface area (Å²) in [7, 11) is 0. The van der Waals surface area contributed by atoms with Gasteiger partial charge in [-0.3, -0.25) is 9.69 Å². The first-order valence-corrected chi connectivity index (χ1v) is 12.4. The Kier molecular flexibility index (Phi) is 6.94. The smallest absolute Gasteiger partial charge is 0.261 e. The summed E-state index contributed by atoms with van der Waals surface area (Å²) in [6, 6.07) is 16.1. The molecule has 1 fully saturated rings. The van der Waals surface area contributed by atoms with E-state index in [0.717, 1.165) is 66.1 Å².